The van der Waals surface area contributed by atoms with E-state index in [0.717, 1.165) is 12.0 Å². The van der Waals surface area contributed by atoms with Gasteiger partial charge in [0.2, 0.25) is 0 Å². The highest BCUT2D eigenvalue weighted by Crippen LogP contribution is 2.21. The summed E-state index contributed by atoms with van der Waals surface area (Å²) in [5, 5.41) is 3.45. The van der Waals surface area contributed by atoms with Crippen LogP contribution in [0.3, 0.4) is 0 Å². The van der Waals surface area contributed by atoms with Crippen LogP contribution in [-0.2, 0) is 10.0 Å². The molecular weight excluding hydrogens is 408 g/mol. The molecule has 3 aromatic carbocycles. The van der Waals surface area contributed by atoms with Crippen LogP contribution in [0, 0.1) is 0 Å². The molecule has 0 unspecified atom stereocenters. The van der Waals surface area contributed by atoms with E-state index in [-0.39, 0.29) is 16.8 Å². The fourth-order valence-electron chi connectivity index (χ4n) is 2.90. The first kappa shape index (κ1) is 20.9. The van der Waals surface area contributed by atoms with Crippen LogP contribution in [0.2, 0.25) is 5.02 Å². The van der Waals surface area contributed by atoms with E-state index in [1.165, 1.54) is 30.3 Å². The van der Waals surface area contributed by atoms with Gasteiger partial charge in [-0.2, -0.15) is 0 Å². The summed E-state index contributed by atoms with van der Waals surface area (Å²) in [7, 11) is -3.78. The standard InChI is InChI=1S/C22H21ClN2O3S/c1-2-21(16-7-4-3-5-8-16)24-22(26)17-9-6-10-19(15-17)25-29(27,28)20-13-11-18(23)12-14-20/h3-15,21,25H,2H2,1H3,(H,24,26)/t21-/m0/s1. The van der Waals surface area contributed by atoms with Crippen molar-refractivity contribution in [3.8, 4) is 0 Å². The minimum absolute atomic E-state index is 0.0897. The van der Waals surface area contributed by atoms with Gasteiger partial charge < -0.3 is 5.32 Å². The van der Waals surface area contributed by atoms with Gasteiger partial charge in [0.25, 0.3) is 15.9 Å². The van der Waals surface area contributed by atoms with Gasteiger partial charge in [-0.15, -0.1) is 0 Å². The number of halogens is 1. The van der Waals surface area contributed by atoms with Crippen molar-refractivity contribution in [1.29, 1.82) is 0 Å². The lowest BCUT2D eigenvalue weighted by Crippen LogP contribution is -2.28. The Hall–Kier alpha value is -2.83. The molecule has 0 spiro atoms. The predicted octanol–water partition coefficient (Wildman–Crippen LogP) is 5.02. The van der Waals surface area contributed by atoms with Crippen LogP contribution in [0.5, 0.6) is 0 Å². The summed E-state index contributed by atoms with van der Waals surface area (Å²) in [6, 6.07) is 21.8. The fourth-order valence-corrected chi connectivity index (χ4v) is 4.08. The maximum absolute atomic E-state index is 12.7. The molecule has 3 aromatic rings. The van der Waals surface area contributed by atoms with Crippen LogP contribution in [0.4, 0.5) is 5.69 Å². The number of hydrogen-bond acceptors (Lipinski definition) is 3. The first-order valence-electron chi connectivity index (χ1n) is 9.13. The molecule has 29 heavy (non-hydrogen) atoms. The fraction of sp³-hybridized carbons (Fsp3) is 0.136. The van der Waals surface area contributed by atoms with Crippen molar-refractivity contribution in [1.82, 2.24) is 5.32 Å². The lowest BCUT2D eigenvalue weighted by Gasteiger charge is -2.18. The van der Waals surface area contributed by atoms with Gasteiger partial charge in [-0.1, -0.05) is 54.9 Å². The zero-order chi connectivity index (χ0) is 20.9. The number of nitrogens with one attached hydrogen (secondary N) is 2. The van der Waals surface area contributed by atoms with E-state index in [1.54, 1.807) is 18.2 Å². The second kappa shape index (κ2) is 9.11. The van der Waals surface area contributed by atoms with Crippen molar-refractivity contribution in [3.63, 3.8) is 0 Å². The van der Waals surface area contributed by atoms with Crippen LogP contribution >= 0.6 is 11.6 Å². The number of carbonyl (C=O) groups is 1. The highest BCUT2D eigenvalue weighted by atomic mass is 35.5. The van der Waals surface area contributed by atoms with Crippen LogP contribution in [0.25, 0.3) is 0 Å². The normalized spacial score (nSPS) is 12.2. The van der Waals surface area contributed by atoms with Gasteiger partial charge in [-0.05, 0) is 54.4 Å². The Balaban J connectivity index is 1.76. The van der Waals surface area contributed by atoms with Crippen LogP contribution in [0.15, 0.2) is 83.8 Å². The quantitative estimate of drug-likeness (QED) is 0.554. The first-order chi connectivity index (χ1) is 13.9. The Kier molecular flexibility index (Phi) is 6.56. The third kappa shape index (κ3) is 5.37. The molecule has 0 saturated carbocycles. The van der Waals surface area contributed by atoms with Crippen molar-refractivity contribution in [2.45, 2.75) is 24.3 Å². The second-order valence-corrected chi connectivity index (χ2v) is 8.60. The number of benzene rings is 3. The molecule has 2 N–H and O–H groups in total. The average molecular weight is 429 g/mol. The highest BCUT2D eigenvalue weighted by molar-refractivity contribution is 7.92. The van der Waals surface area contributed by atoms with Crippen LogP contribution in [0.1, 0.15) is 35.3 Å². The summed E-state index contributed by atoms with van der Waals surface area (Å²) < 4.78 is 27.6. The number of hydrogen-bond donors (Lipinski definition) is 2. The third-order valence-corrected chi connectivity index (χ3v) is 6.07. The molecule has 5 nitrogen and oxygen atoms in total. The highest BCUT2D eigenvalue weighted by Gasteiger charge is 2.17. The van der Waals surface area contributed by atoms with Gasteiger partial charge in [-0.25, -0.2) is 8.42 Å². The van der Waals surface area contributed by atoms with E-state index in [4.69, 9.17) is 11.6 Å². The number of sulfonamides is 1. The molecule has 7 heteroatoms. The zero-order valence-corrected chi connectivity index (χ0v) is 17.4. The summed E-state index contributed by atoms with van der Waals surface area (Å²) in [5.74, 6) is -0.270. The summed E-state index contributed by atoms with van der Waals surface area (Å²) in [4.78, 5) is 12.8. The number of rotatable bonds is 7. The Labute approximate surface area is 175 Å². The van der Waals surface area contributed by atoms with Crippen LogP contribution in [-0.4, -0.2) is 14.3 Å². The SMILES string of the molecule is CC[C@H](NC(=O)c1cccc(NS(=O)(=O)c2ccc(Cl)cc2)c1)c1ccccc1. The summed E-state index contributed by atoms with van der Waals surface area (Å²) in [6.45, 7) is 1.99. The molecule has 0 aliphatic rings. The molecule has 150 valence electrons. The van der Waals surface area contributed by atoms with Crippen molar-refractivity contribution in [2.24, 2.45) is 0 Å². The minimum Gasteiger partial charge on any atom is -0.345 e. The smallest absolute Gasteiger partial charge is 0.261 e. The molecule has 3 rings (SSSR count). The Morgan fingerprint density at radius 3 is 2.31 bits per heavy atom. The monoisotopic (exact) mass is 428 g/mol. The van der Waals surface area contributed by atoms with Gasteiger partial charge in [0.15, 0.2) is 0 Å². The Bertz CT molecular complexity index is 1080. The molecule has 1 amide bonds. The second-order valence-electron chi connectivity index (χ2n) is 6.49. The van der Waals surface area contributed by atoms with Crippen molar-refractivity contribution in [2.75, 3.05) is 4.72 Å². The molecule has 0 bridgehead atoms. The summed E-state index contributed by atoms with van der Waals surface area (Å²) >= 11 is 5.82. The lowest BCUT2D eigenvalue weighted by molar-refractivity contribution is 0.0935. The first-order valence-corrected chi connectivity index (χ1v) is 11.0. The molecule has 0 aliphatic carbocycles. The van der Waals surface area contributed by atoms with Gasteiger partial charge in [-0.3, -0.25) is 9.52 Å². The molecule has 0 saturated heterocycles. The number of amides is 1. The minimum atomic E-state index is -3.78. The largest absolute Gasteiger partial charge is 0.345 e. The topological polar surface area (TPSA) is 75.3 Å². The van der Waals surface area contributed by atoms with Crippen molar-refractivity contribution >= 4 is 33.2 Å². The van der Waals surface area contributed by atoms with E-state index in [2.05, 4.69) is 10.0 Å². The lowest BCUT2D eigenvalue weighted by atomic mass is 10.0. The Morgan fingerprint density at radius 2 is 1.66 bits per heavy atom. The number of anilines is 1. The van der Waals surface area contributed by atoms with E-state index >= 15 is 0 Å². The van der Waals surface area contributed by atoms with Gasteiger partial charge in [0.05, 0.1) is 10.9 Å². The third-order valence-electron chi connectivity index (χ3n) is 4.42. The van der Waals surface area contributed by atoms with E-state index in [0.29, 0.717) is 16.3 Å². The molecule has 0 aromatic heterocycles. The number of carbonyl (C=O) groups excluding carboxylic acids is 1. The maximum atomic E-state index is 12.7. The zero-order valence-electron chi connectivity index (χ0n) is 15.8. The molecule has 0 radical (unpaired) electrons. The van der Waals surface area contributed by atoms with E-state index in [1.807, 2.05) is 37.3 Å². The Morgan fingerprint density at radius 1 is 0.966 bits per heavy atom. The van der Waals surface area contributed by atoms with E-state index < -0.39 is 10.0 Å². The molecule has 0 heterocycles. The average Bonchev–Trinajstić information content (AvgIpc) is 2.72. The van der Waals surface area contributed by atoms with Gasteiger partial charge in [0, 0.05) is 16.3 Å². The van der Waals surface area contributed by atoms with E-state index in [9.17, 15) is 13.2 Å². The molecule has 0 fully saturated rings. The summed E-state index contributed by atoms with van der Waals surface area (Å²) in [6.07, 6.45) is 0.735. The molecule has 1 atom stereocenters. The molecular formula is C22H21ClN2O3S. The van der Waals surface area contributed by atoms with Gasteiger partial charge >= 0.3 is 0 Å². The van der Waals surface area contributed by atoms with Gasteiger partial charge in [0.1, 0.15) is 0 Å². The predicted molar refractivity (Wildman–Crippen MR) is 116 cm³/mol. The van der Waals surface area contributed by atoms with Crippen LogP contribution < -0.4 is 10.0 Å². The van der Waals surface area contributed by atoms with Crippen molar-refractivity contribution < 1.29 is 13.2 Å². The molecule has 0 aliphatic heterocycles. The maximum Gasteiger partial charge on any atom is 0.261 e. The van der Waals surface area contributed by atoms with Crippen molar-refractivity contribution in [3.05, 3.63) is 95.0 Å². The summed E-state index contributed by atoms with van der Waals surface area (Å²) in [5.41, 5.74) is 1.69.